The summed E-state index contributed by atoms with van der Waals surface area (Å²) >= 11 is 1.89. The first kappa shape index (κ1) is 35.9. The monoisotopic (exact) mass is 768 g/mol. The average Bonchev–Trinajstić information content (AvgIpc) is 3.83. The molecule has 7 aromatic carbocycles. The fourth-order valence-electron chi connectivity index (χ4n) is 8.33. The van der Waals surface area contributed by atoms with Crippen molar-refractivity contribution >= 4 is 53.3 Å². The molecule has 0 aliphatic rings. The van der Waals surface area contributed by atoms with Crippen molar-refractivity contribution in [3.05, 3.63) is 169 Å². The molecule has 0 aliphatic carbocycles. The van der Waals surface area contributed by atoms with E-state index in [1.807, 2.05) is 29.5 Å². The van der Waals surface area contributed by atoms with Gasteiger partial charge < -0.3 is 0 Å². The lowest BCUT2D eigenvalue weighted by molar-refractivity contribution is 0.795. The lowest BCUT2D eigenvalue weighted by atomic mass is 10.00. The molecular weight excluding hydrogens is 725 g/mol. The summed E-state index contributed by atoms with van der Waals surface area (Å²) in [6.07, 6.45) is 7.07. The number of hydrogen-bond donors (Lipinski definition) is 0. The van der Waals surface area contributed by atoms with Gasteiger partial charge in [0, 0.05) is 42.1 Å². The Hall–Kier alpha value is -6.43. The Balaban J connectivity index is 1.11. The van der Waals surface area contributed by atoms with Gasteiger partial charge in [0.15, 0.2) is 11.6 Å². The second-order valence-electron chi connectivity index (χ2n) is 15.3. The van der Waals surface area contributed by atoms with Crippen molar-refractivity contribution in [3.8, 4) is 51.0 Å². The van der Waals surface area contributed by atoms with Gasteiger partial charge in [-0.15, -0.1) is 11.3 Å². The number of para-hydroxylation sites is 1. The largest absolute Gasteiger partial charge is 0.278 e. The highest BCUT2D eigenvalue weighted by molar-refractivity contribution is 7.26. The van der Waals surface area contributed by atoms with Crippen molar-refractivity contribution in [2.24, 2.45) is 0 Å². The number of thiophene rings is 1. The number of aryl methyl sites for hydroxylation is 2. The van der Waals surface area contributed by atoms with E-state index in [4.69, 9.17) is 15.0 Å². The van der Waals surface area contributed by atoms with Gasteiger partial charge in [0.2, 0.25) is 5.95 Å². The number of nitrogens with zero attached hydrogens (tertiary/aromatic N) is 4. The lowest BCUT2D eigenvalue weighted by Gasteiger charge is -2.12. The van der Waals surface area contributed by atoms with Crippen LogP contribution in [0.25, 0.3) is 93.0 Å². The Morgan fingerprint density at radius 2 is 1.05 bits per heavy atom. The second kappa shape index (κ2) is 15.5. The molecule has 3 aromatic heterocycles. The van der Waals surface area contributed by atoms with Crippen molar-refractivity contribution in [2.75, 3.05) is 0 Å². The first-order valence-corrected chi connectivity index (χ1v) is 21.5. The highest BCUT2D eigenvalue weighted by atomic mass is 32.1. The zero-order chi connectivity index (χ0) is 39.0. The third-order valence-corrected chi connectivity index (χ3v) is 12.7. The maximum Gasteiger partial charge on any atom is 0.238 e. The SMILES string of the molecule is CCCCc1ccc(-c2ccc(-c3nc(-c4ccccc4)nc(-n4c5ccccc5c5ccc(-c6cccc7c6sc6ccc(CCCC)cc67)cc54)n3)cc2)cc1. The molecule has 0 atom stereocenters. The molecule has 282 valence electrons. The molecule has 4 nitrogen and oxygen atoms in total. The molecule has 3 heterocycles. The van der Waals surface area contributed by atoms with Crippen molar-refractivity contribution in [3.63, 3.8) is 0 Å². The summed E-state index contributed by atoms with van der Waals surface area (Å²) in [6, 6.07) is 57.1. The maximum absolute atomic E-state index is 5.27. The molecule has 0 aliphatic heterocycles. The van der Waals surface area contributed by atoms with Gasteiger partial charge in [-0.2, -0.15) is 9.97 Å². The average molecular weight is 769 g/mol. The van der Waals surface area contributed by atoms with Gasteiger partial charge in [-0.25, -0.2) is 4.98 Å². The summed E-state index contributed by atoms with van der Waals surface area (Å²) in [5.41, 5.74) is 11.6. The van der Waals surface area contributed by atoms with Gasteiger partial charge in [-0.05, 0) is 83.3 Å². The molecule has 0 saturated carbocycles. The van der Waals surface area contributed by atoms with Crippen LogP contribution in [0.3, 0.4) is 0 Å². The van der Waals surface area contributed by atoms with Gasteiger partial charge in [0.25, 0.3) is 0 Å². The first-order chi connectivity index (χ1) is 28.6. The number of hydrogen-bond acceptors (Lipinski definition) is 4. The van der Waals surface area contributed by atoms with Crippen LogP contribution in [0.5, 0.6) is 0 Å². The third kappa shape index (κ3) is 6.65. The van der Waals surface area contributed by atoms with Crippen LogP contribution >= 0.6 is 11.3 Å². The van der Waals surface area contributed by atoms with E-state index in [0.29, 0.717) is 17.6 Å². The Bertz CT molecular complexity index is 3070. The lowest BCUT2D eigenvalue weighted by Crippen LogP contribution is -2.06. The quantitative estimate of drug-likeness (QED) is 0.132. The van der Waals surface area contributed by atoms with E-state index in [1.165, 1.54) is 79.2 Å². The minimum absolute atomic E-state index is 0.596. The van der Waals surface area contributed by atoms with E-state index in [0.717, 1.165) is 45.8 Å². The number of aromatic nitrogens is 4. The number of rotatable bonds is 11. The molecule has 0 radical (unpaired) electrons. The van der Waals surface area contributed by atoms with Crippen molar-refractivity contribution in [2.45, 2.75) is 52.4 Å². The summed E-state index contributed by atoms with van der Waals surface area (Å²) in [4.78, 5) is 15.6. The molecule has 0 unspecified atom stereocenters. The summed E-state index contributed by atoms with van der Waals surface area (Å²) in [6.45, 7) is 4.50. The van der Waals surface area contributed by atoms with Gasteiger partial charge in [-0.3, -0.25) is 4.57 Å². The Morgan fingerprint density at radius 1 is 0.448 bits per heavy atom. The predicted molar refractivity (Wildman–Crippen MR) is 246 cm³/mol. The van der Waals surface area contributed by atoms with E-state index in [9.17, 15) is 0 Å². The van der Waals surface area contributed by atoms with Gasteiger partial charge in [-0.1, -0.05) is 160 Å². The Kier molecular flexibility index (Phi) is 9.60. The van der Waals surface area contributed by atoms with Crippen LogP contribution in [0.2, 0.25) is 0 Å². The van der Waals surface area contributed by atoms with E-state index >= 15 is 0 Å². The smallest absolute Gasteiger partial charge is 0.238 e. The van der Waals surface area contributed by atoms with Crippen LogP contribution in [0.1, 0.15) is 50.7 Å². The fraction of sp³-hybridized carbons (Fsp3) is 0.151. The van der Waals surface area contributed by atoms with E-state index in [1.54, 1.807) is 0 Å². The summed E-state index contributed by atoms with van der Waals surface area (Å²) in [5.74, 6) is 1.88. The molecule has 10 rings (SSSR count). The Labute approximate surface area is 343 Å². The van der Waals surface area contributed by atoms with Gasteiger partial charge in [0.1, 0.15) is 0 Å². The molecule has 0 saturated heterocycles. The van der Waals surface area contributed by atoms with E-state index in [2.05, 4.69) is 158 Å². The Morgan fingerprint density at radius 3 is 1.81 bits per heavy atom. The minimum atomic E-state index is 0.596. The van der Waals surface area contributed by atoms with Crippen molar-refractivity contribution in [1.29, 1.82) is 0 Å². The first-order valence-electron chi connectivity index (χ1n) is 20.6. The molecule has 0 amide bonds. The third-order valence-electron chi connectivity index (χ3n) is 11.5. The van der Waals surface area contributed by atoms with E-state index in [-0.39, 0.29) is 0 Å². The van der Waals surface area contributed by atoms with Crippen LogP contribution in [0.15, 0.2) is 158 Å². The van der Waals surface area contributed by atoms with Crippen molar-refractivity contribution in [1.82, 2.24) is 19.5 Å². The molecule has 58 heavy (non-hydrogen) atoms. The number of unbranched alkanes of at least 4 members (excludes halogenated alkanes) is 2. The summed E-state index contributed by atoms with van der Waals surface area (Å²) in [7, 11) is 0. The zero-order valence-electron chi connectivity index (χ0n) is 33.0. The molecule has 0 N–H and O–H groups in total. The highest BCUT2D eigenvalue weighted by Gasteiger charge is 2.19. The molecule has 5 heteroatoms. The summed E-state index contributed by atoms with van der Waals surface area (Å²) < 4.78 is 4.87. The molecule has 0 spiro atoms. The van der Waals surface area contributed by atoms with Crippen LogP contribution in [-0.2, 0) is 12.8 Å². The standard InChI is InChI=1S/C53H44N4S/c1-3-5-13-35-21-24-37(25-22-35)38-26-28-40(29-27-38)52-54-51(39-15-8-7-9-16-39)55-53(56-52)57-47-20-11-10-17-43(47)44-31-30-41(34-48(44)57)42-18-12-19-45-46-33-36(14-6-4-2)23-32-49(46)58-50(42)45/h7-12,15-34H,3-6,13-14H2,1-2H3. The number of benzene rings is 7. The van der Waals surface area contributed by atoms with Crippen LogP contribution < -0.4 is 0 Å². The van der Waals surface area contributed by atoms with Gasteiger partial charge in [0.05, 0.1) is 11.0 Å². The van der Waals surface area contributed by atoms with Crippen LogP contribution in [0.4, 0.5) is 0 Å². The topological polar surface area (TPSA) is 43.6 Å². The van der Waals surface area contributed by atoms with Gasteiger partial charge >= 0.3 is 0 Å². The van der Waals surface area contributed by atoms with E-state index < -0.39 is 0 Å². The molecule has 0 fully saturated rings. The predicted octanol–water partition coefficient (Wildman–Crippen LogP) is 14.7. The fourth-order valence-corrected chi connectivity index (χ4v) is 9.55. The molecule has 10 aromatic rings. The second-order valence-corrected chi connectivity index (χ2v) is 16.4. The number of fused-ring (bicyclic) bond motifs is 6. The summed E-state index contributed by atoms with van der Waals surface area (Å²) in [5, 5.41) is 5.00. The minimum Gasteiger partial charge on any atom is -0.278 e. The van der Waals surface area contributed by atoms with Crippen LogP contribution in [0, 0.1) is 0 Å². The zero-order valence-corrected chi connectivity index (χ0v) is 33.8. The maximum atomic E-state index is 5.27. The van der Waals surface area contributed by atoms with Crippen LogP contribution in [-0.4, -0.2) is 19.5 Å². The molecule has 0 bridgehead atoms. The highest BCUT2D eigenvalue weighted by Crippen LogP contribution is 2.42. The normalized spacial score (nSPS) is 11.7. The van der Waals surface area contributed by atoms with Crippen molar-refractivity contribution < 1.29 is 0 Å². The molecular formula is C53H44N4S.